The molecule has 7 atom stereocenters. The van der Waals surface area contributed by atoms with Gasteiger partial charge in [-0.05, 0) is 66.1 Å². The third kappa shape index (κ3) is 0.691. The van der Waals surface area contributed by atoms with Gasteiger partial charge < -0.3 is 0 Å². The van der Waals surface area contributed by atoms with E-state index in [1.807, 2.05) is 0 Å². The van der Waals surface area contributed by atoms with E-state index in [2.05, 4.69) is 20.8 Å². The molecule has 0 heteroatoms. The summed E-state index contributed by atoms with van der Waals surface area (Å²) >= 11 is 0. The van der Waals surface area contributed by atoms with E-state index in [9.17, 15) is 0 Å². The molecule has 15 heavy (non-hydrogen) atoms. The highest BCUT2D eigenvalue weighted by atomic mass is 14.8. The first kappa shape index (κ1) is 9.07. The molecule has 0 aromatic carbocycles. The van der Waals surface area contributed by atoms with Crippen LogP contribution in [0.3, 0.4) is 0 Å². The molecular weight excluding hydrogens is 180 g/mol. The third-order valence-corrected chi connectivity index (χ3v) is 7.39. The van der Waals surface area contributed by atoms with Gasteiger partial charge in [-0.25, -0.2) is 0 Å². The van der Waals surface area contributed by atoms with Crippen LogP contribution in [0, 0.1) is 40.4 Å². The summed E-state index contributed by atoms with van der Waals surface area (Å²) in [5.41, 5.74) is 1.61. The lowest BCUT2D eigenvalue weighted by Gasteiger charge is -2.62. The Balaban J connectivity index is 1.78. The molecule has 0 saturated heterocycles. The topological polar surface area (TPSA) is 0 Å². The van der Waals surface area contributed by atoms with Crippen LogP contribution in [-0.2, 0) is 0 Å². The standard InChI is InChI=1S/C15H24/c1-9-7-12(9)14(3)13-8-10(2)15(14)6-4-5-11(13)15/h9-13H,4-8H2,1-3H3. The lowest BCUT2D eigenvalue weighted by Crippen LogP contribution is -2.58. The Morgan fingerprint density at radius 2 is 1.73 bits per heavy atom. The van der Waals surface area contributed by atoms with Crippen molar-refractivity contribution in [3.8, 4) is 0 Å². The molecule has 5 aliphatic carbocycles. The van der Waals surface area contributed by atoms with Crippen LogP contribution in [0.2, 0.25) is 0 Å². The van der Waals surface area contributed by atoms with Gasteiger partial charge in [0.05, 0.1) is 0 Å². The molecule has 0 radical (unpaired) electrons. The number of hydrogen-bond acceptors (Lipinski definition) is 0. The maximum Gasteiger partial charge on any atom is -0.0181 e. The van der Waals surface area contributed by atoms with E-state index in [1.54, 1.807) is 32.1 Å². The average molecular weight is 204 g/mol. The Morgan fingerprint density at radius 1 is 1.00 bits per heavy atom. The second-order valence-electron chi connectivity index (χ2n) is 7.38. The zero-order chi connectivity index (χ0) is 10.4. The largest absolute Gasteiger partial charge is 0.0622 e. The van der Waals surface area contributed by atoms with Crippen molar-refractivity contribution in [2.45, 2.75) is 52.9 Å². The molecule has 0 heterocycles. The van der Waals surface area contributed by atoms with Crippen LogP contribution in [0.4, 0.5) is 0 Å². The van der Waals surface area contributed by atoms with Crippen LogP contribution in [-0.4, -0.2) is 0 Å². The van der Waals surface area contributed by atoms with Gasteiger partial charge in [0.2, 0.25) is 0 Å². The SMILES string of the molecule is CC1CC1C1(C)C2CC(C)C13CCCC23. The van der Waals surface area contributed by atoms with Crippen molar-refractivity contribution in [2.75, 3.05) is 0 Å². The minimum atomic E-state index is 0.785. The Bertz CT molecular complexity index is 320. The van der Waals surface area contributed by atoms with Crippen molar-refractivity contribution in [2.24, 2.45) is 40.4 Å². The zero-order valence-corrected chi connectivity index (χ0v) is 10.4. The van der Waals surface area contributed by atoms with Gasteiger partial charge in [-0.1, -0.05) is 27.2 Å². The van der Waals surface area contributed by atoms with Crippen LogP contribution >= 0.6 is 0 Å². The minimum absolute atomic E-state index is 0.785. The summed E-state index contributed by atoms with van der Waals surface area (Å²) in [7, 11) is 0. The first-order valence-corrected chi connectivity index (χ1v) is 7.12. The van der Waals surface area contributed by atoms with E-state index in [0.717, 1.165) is 40.4 Å². The smallest absolute Gasteiger partial charge is 0.0181 e. The van der Waals surface area contributed by atoms with E-state index in [1.165, 1.54) is 0 Å². The Labute approximate surface area is 93.8 Å². The quantitative estimate of drug-likeness (QED) is 0.603. The zero-order valence-electron chi connectivity index (χ0n) is 10.4. The fourth-order valence-corrected chi connectivity index (χ4v) is 6.87. The molecule has 5 aliphatic rings. The van der Waals surface area contributed by atoms with Crippen molar-refractivity contribution >= 4 is 0 Å². The average Bonchev–Trinajstić information content (AvgIpc) is 2.62. The van der Waals surface area contributed by atoms with Crippen molar-refractivity contribution < 1.29 is 0 Å². The van der Waals surface area contributed by atoms with Crippen LogP contribution in [0.5, 0.6) is 0 Å². The molecule has 5 saturated carbocycles. The molecular formula is C15H24. The van der Waals surface area contributed by atoms with Crippen LogP contribution in [0.25, 0.3) is 0 Å². The summed E-state index contributed by atoms with van der Waals surface area (Å²) in [6, 6.07) is 0. The molecule has 84 valence electrons. The predicted molar refractivity (Wildman–Crippen MR) is 62.4 cm³/mol. The van der Waals surface area contributed by atoms with E-state index in [4.69, 9.17) is 0 Å². The van der Waals surface area contributed by atoms with Gasteiger partial charge in [-0.2, -0.15) is 0 Å². The van der Waals surface area contributed by atoms with Gasteiger partial charge >= 0.3 is 0 Å². The van der Waals surface area contributed by atoms with Gasteiger partial charge in [0.15, 0.2) is 0 Å². The Hall–Kier alpha value is 0. The normalized spacial score (nSPS) is 70.2. The van der Waals surface area contributed by atoms with Gasteiger partial charge in [-0.15, -0.1) is 0 Å². The molecule has 0 N–H and O–H groups in total. The van der Waals surface area contributed by atoms with Crippen LogP contribution in [0.15, 0.2) is 0 Å². The van der Waals surface area contributed by atoms with Crippen molar-refractivity contribution in [3.05, 3.63) is 0 Å². The molecule has 2 bridgehead atoms. The summed E-state index contributed by atoms with van der Waals surface area (Å²) in [6.45, 7) is 7.73. The van der Waals surface area contributed by atoms with Crippen LogP contribution < -0.4 is 0 Å². The summed E-state index contributed by atoms with van der Waals surface area (Å²) in [4.78, 5) is 0. The summed E-state index contributed by atoms with van der Waals surface area (Å²) in [5, 5.41) is 0. The summed E-state index contributed by atoms with van der Waals surface area (Å²) in [6.07, 6.45) is 7.82. The lowest BCUT2D eigenvalue weighted by atomic mass is 9.42. The van der Waals surface area contributed by atoms with Gasteiger partial charge in [0.1, 0.15) is 0 Å². The number of hydrogen-bond donors (Lipinski definition) is 0. The van der Waals surface area contributed by atoms with Gasteiger partial charge in [0, 0.05) is 0 Å². The summed E-state index contributed by atoms with van der Waals surface area (Å²) < 4.78 is 0. The molecule has 0 aliphatic heterocycles. The highest BCUT2D eigenvalue weighted by molar-refractivity contribution is 5.27. The molecule has 0 nitrogen and oxygen atoms in total. The van der Waals surface area contributed by atoms with Gasteiger partial charge in [-0.3, -0.25) is 0 Å². The fraction of sp³-hybridized carbons (Fsp3) is 1.00. The molecule has 1 spiro atoms. The Morgan fingerprint density at radius 3 is 2.40 bits per heavy atom. The second-order valence-corrected chi connectivity index (χ2v) is 7.38. The second kappa shape index (κ2) is 2.31. The highest BCUT2D eigenvalue weighted by Crippen LogP contribution is 2.86. The molecule has 0 aromatic rings. The minimum Gasteiger partial charge on any atom is -0.0622 e. The van der Waals surface area contributed by atoms with E-state index in [-0.39, 0.29) is 0 Å². The number of fused-ring (bicyclic) bond motifs is 1. The number of rotatable bonds is 1. The van der Waals surface area contributed by atoms with Gasteiger partial charge in [0.25, 0.3) is 0 Å². The molecule has 5 fully saturated rings. The van der Waals surface area contributed by atoms with E-state index >= 15 is 0 Å². The predicted octanol–water partition coefficient (Wildman–Crippen LogP) is 4.10. The van der Waals surface area contributed by atoms with E-state index in [0.29, 0.717) is 0 Å². The lowest BCUT2D eigenvalue weighted by molar-refractivity contribution is -0.154. The monoisotopic (exact) mass is 204 g/mol. The fourth-order valence-electron chi connectivity index (χ4n) is 6.87. The summed E-state index contributed by atoms with van der Waals surface area (Å²) in [5.74, 6) is 5.51. The molecule has 0 amide bonds. The first-order chi connectivity index (χ1) is 7.12. The van der Waals surface area contributed by atoms with E-state index < -0.39 is 0 Å². The maximum absolute atomic E-state index is 2.68. The van der Waals surface area contributed by atoms with Crippen molar-refractivity contribution in [1.29, 1.82) is 0 Å². The molecule has 5 rings (SSSR count). The van der Waals surface area contributed by atoms with Crippen molar-refractivity contribution in [3.63, 3.8) is 0 Å². The van der Waals surface area contributed by atoms with Crippen molar-refractivity contribution in [1.82, 2.24) is 0 Å². The third-order valence-electron chi connectivity index (χ3n) is 7.39. The highest BCUT2D eigenvalue weighted by Gasteiger charge is 2.80. The Kier molecular flexibility index (Phi) is 1.40. The van der Waals surface area contributed by atoms with Crippen LogP contribution in [0.1, 0.15) is 52.9 Å². The maximum atomic E-state index is 2.68. The molecule has 0 aromatic heterocycles. The first-order valence-electron chi connectivity index (χ1n) is 7.12. The molecule has 7 unspecified atom stereocenters.